The lowest BCUT2D eigenvalue weighted by molar-refractivity contribution is -0.147. The Balaban J connectivity index is 1.28. The smallest absolute Gasteiger partial charge is 0.247 e. The van der Waals surface area contributed by atoms with Gasteiger partial charge >= 0.3 is 0 Å². The molecule has 3 saturated heterocycles. The fourth-order valence-corrected chi connectivity index (χ4v) is 10.0. The number of fused-ring (bicyclic) bond motifs is 1. The maximum absolute atomic E-state index is 15.0. The molecule has 13 N–H and O–H groups in total. The summed E-state index contributed by atoms with van der Waals surface area (Å²) < 4.78 is 0. The number of H-pyrrole nitrogens is 2. The summed E-state index contributed by atoms with van der Waals surface area (Å²) in [7, 11) is 0. The van der Waals surface area contributed by atoms with Gasteiger partial charge in [-0.3, -0.25) is 53.4 Å². The number of nitrogens with two attached hydrogens (primary N) is 1. The van der Waals surface area contributed by atoms with Crippen LogP contribution in [0.15, 0.2) is 73.3 Å². The van der Waals surface area contributed by atoms with Crippen LogP contribution in [0.5, 0.6) is 0 Å². The number of aromatic amines is 2. The average molecular weight is 1060 g/mol. The summed E-state index contributed by atoms with van der Waals surface area (Å²) >= 11 is 0. The number of likely N-dealkylation sites (tertiary alicyclic amines) is 2. The normalized spacial score (nSPS) is 24.1. The number of hydrogen-bond donors (Lipinski definition) is 12. The first-order valence-corrected chi connectivity index (χ1v) is 25.8. The number of hydrogen-bond acceptors (Lipinski definition) is 12. The number of guanidine groups is 1. The van der Waals surface area contributed by atoms with Crippen LogP contribution in [-0.4, -0.2) is 164 Å². The molecule has 77 heavy (non-hydrogen) atoms. The summed E-state index contributed by atoms with van der Waals surface area (Å²) in [6.45, 7) is 2.44. The molecule has 410 valence electrons. The van der Waals surface area contributed by atoms with E-state index in [4.69, 9.17) is 11.1 Å². The summed E-state index contributed by atoms with van der Waals surface area (Å²) in [4.78, 5) is 154. The third-order valence-electron chi connectivity index (χ3n) is 13.9. The van der Waals surface area contributed by atoms with Crippen molar-refractivity contribution in [1.82, 2.24) is 67.3 Å². The Morgan fingerprint density at radius 1 is 0.714 bits per heavy atom. The molecule has 3 aliphatic heterocycles. The molecule has 3 aliphatic rings. The first-order valence-electron chi connectivity index (χ1n) is 25.8. The maximum Gasteiger partial charge on any atom is 0.247 e. The Labute approximate surface area is 443 Å². The van der Waals surface area contributed by atoms with Crippen molar-refractivity contribution in [3.05, 3.63) is 90.1 Å². The number of benzene rings is 2. The van der Waals surface area contributed by atoms with Crippen LogP contribution in [0, 0.1) is 5.41 Å². The van der Waals surface area contributed by atoms with Crippen LogP contribution in [-0.2, 0) is 67.2 Å². The van der Waals surface area contributed by atoms with E-state index in [-0.39, 0.29) is 63.4 Å². The van der Waals surface area contributed by atoms with Crippen LogP contribution in [0.25, 0.3) is 10.9 Å². The van der Waals surface area contributed by atoms with Gasteiger partial charge in [-0.25, -0.2) is 4.98 Å². The van der Waals surface area contributed by atoms with E-state index in [1.54, 1.807) is 42.6 Å². The van der Waals surface area contributed by atoms with Crippen molar-refractivity contribution in [2.45, 2.75) is 126 Å². The summed E-state index contributed by atoms with van der Waals surface area (Å²) in [5.41, 5.74) is 7.80. The molecule has 7 rings (SSSR count). The van der Waals surface area contributed by atoms with Crippen LogP contribution in [0.1, 0.15) is 75.6 Å². The van der Waals surface area contributed by atoms with E-state index < -0.39 is 114 Å². The van der Waals surface area contributed by atoms with Crippen LogP contribution < -0.4 is 48.3 Å². The number of para-hydroxylation sites is 1. The summed E-state index contributed by atoms with van der Waals surface area (Å²) in [6, 6.07) is 5.35. The number of aromatic nitrogens is 3. The molecular formula is C52H67N15O10. The molecule has 3 fully saturated rings. The number of rotatable bonds is 14. The highest BCUT2D eigenvalue weighted by Crippen LogP contribution is 2.26. The highest BCUT2D eigenvalue weighted by Gasteiger charge is 2.44. The maximum atomic E-state index is 15.0. The fraction of sp³-hybridized carbons (Fsp3) is 0.462. The molecule has 0 unspecified atom stereocenters. The number of imidazole rings is 1. The number of Topliss-reactive ketones (excluding diaryl/α,β-unsaturated/α-hetero) is 1. The third kappa shape index (κ3) is 15.0. The first-order chi connectivity index (χ1) is 36.9. The van der Waals surface area contributed by atoms with Crippen LogP contribution in [0.3, 0.4) is 0 Å². The van der Waals surface area contributed by atoms with Crippen LogP contribution in [0.2, 0.25) is 0 Å². The molecule has 4 aromatic rings. The van der Waals surface area contributed by atoms with Gasteiger partial charge in [0, 0.05) is 75.7 Å². The van der Waals surface area contributed by atoms with Gasteiger partial charge in [0.25, 0.3) is 0 Å². The second kappa shape index (κ2) is 26.2. The topological polar surface area (TPSA) is 368 Å². The van der Waals surface area contributed by atoms with Crippen molar-refractivity contribution < 1.29 is 47.9 Å². The highest BCUT2D eigenvalue weighted by molar-refractivity contribution is 6.00. The Hall–Kier alpha value is -8.64. The van der Waals surface area contributed by atoms with Gasteiger partial charge in [0.1, 0.15) is 42.3 Å². The monoisotopic (exact) mass is 1060 g/mol. The SMILES string of the molecule is CC(=O)N[C@H]1CC(=O)NC[C@@H](C(=O)N2CCC[C@H]2C(=O)N2CCC[C@H]2C(C)=O)NC(=O)[C@H](Cc2c[nH]c3ccccc23)NC(=O)[C@H](CCCNC(=N)N)NC(=O)[C@@H](Cc2ccccc2)NC(=O)[C@H](Cc2c[nH]cn2)NC1=O. The zero-order valence-corrected chi connectivity index (χ0v) is 42.9. The number of nitrogens with one attached hydrogen (secondary N) is 11. The highest BCUT2D eigenvalue weighted by atomic mass is 16.2. The minimum atomic E-state index is -1.60. The zero-order chi connectivity index (χ0) is 55.2. The minimum Gasteiger partial charge on any atom is -0.370 e. The van der Waals surface area contributed by atoms with Crippen LogP contribution >= 0.6 is 0 Å². The van der Waals surface area contributed by atoms with Gasteiger partial charge in [-0.2, -0.15) is 0 Å². The number of carbonyl (C=O) groups is 10. The summed E-state index contributed by atoms with van der Waals surface area (Å²) in [5.74, 6) is -7.66. The van der Waals surface area contributed by atoms with E-state index in [1.807, 2.05) is 18.2 Å². The molecule has 5 heterocycles. The van der Waals surface area contributed by atoms with Gasteiger partial charge < -0.3 is 68.0 Å². The first kappa shape index (κ1) is 56.1. The lowest BCUT2D eigenvalue weighted by Gasteiger charge is -2.33. The number of amides is 9. The zero-order valence-electron chi connectivity index (χ0n) is 42.9. The standard InChI is InChI=1S/C52H67N15O10/c1-29(68)42-16-9-19-66(42)51(77)43-17-10-20-67(43)50(76)41-27-58-44(70)24-40(60-30(2)69)49(75)64-39(23-33-26-55-28-59-33)48(74)62-37(21-31-11-4-3-5-12-31)46(72)61-36(15-8-18-56-52(53)54)45(71)63-38(47(73)65-41)22-32-25-57-35-14-7-6-13-34(32)35/h3-7,11-14,25-26,28,36-43,57H,8-10,15-24,27H2,1-2H3,(H,55,59)(H,58,70)(H,60,69)(H,61,72)(H,62,74)(H,63,71)(H,64,75)(H,65,73)(H4,53,54,56)/t36-,37+,38-,39-,40-,41-,42-,43-/m0/s1. The van der Waals surface area contributed by atoms with E-state index in [0.29, 0.717) is 48.0 Å². The molecule has 2 aromatic carbocycles. The van der Waals surface area contributed by atoms with E-state index in [9.17, 15) is 47.9 Å². The predicted octanol–water partition coefficient (Wildman–Crippen LogP) is -1.80. The van der Waals surface area contributed by atoms with Crippen molar-refractivity contribution in [3.63, 3.8) is 0 Å². The number of carbonyl (C=O) groups excluding carboxylic acids is 10. The Morgan fingerprint density at radius 3 is 2.00 bits per heavy atom. The lowest BCUT2D eigenvalue weighted by atomic mass is 10.0. The van der Waals surface area contributed by atoms with E-state index in [0.717, 1.165) is 12.4 Å². The van der Waals surface area contributed by atoms with Gasteiger partial charge in [-0.1, -0.05) is 48.5 Å². The Bertz CT molecular complexity index is 2820. The van der Waals surface area contributed by atoms with Crippen molar-refractivity contribution in [2.24, 2.45) is 5.73 Å². The largest absolute Gasteiger partial charge is 0.370 e. The second-order valence-electron chi connectivity index (χ2n) is 19.6. The van der Waals surface area contributed by atoms with Crippen molar-refractivity contribution in [2.75, 3.05) is 26.2 Å². The van der Waals surface area contributed by atoms with Gasteiger partial charge in [0.05, 0.1) is 24.5 Å². The molecule has 8 atom stereocenters. The molecule has 25 heteroatoms. The summed E-state index contributed by atoms with van der Waals surface area (Å²) in [5, 5.41) is 29.8. The molecule has 9 amide bonds. The molecular weight excluding hydrogens is 995 g/mol. The predicted molar refractivity (Wildman–Crippen MR) is 279 cm³/mol. The molecule has 0 spiro atoms. The van der Waals surface area contributed by atoms with E-state index in [1.165, 1.54) is 29.2 Å². The molecule has 0 aliphatic carbocycles. The quantitative estimate of drug-likeness (QED) is 0.0378. The van der Waals surface area contributed by atoms with Crippen molar-refractivity contribution in [3.8, 4) is 0 Å². The lowest BCUT2D eigenvalue weighted by Crippen LogP contribution is -2.62. The molecule has 0 saturated carbocycles. The fourth-order valence-electron chi connectivity index (χ4n) is 10.0. The van der Waals surface area contributed by atoms with Crippen LogP contribution in [0.4, 0.5) is 0 Å². The average Bonchev–Trinajstić information content (AvgIpc) is 4.28. The Kier molecular flexibility index (Phi) is 19.1. The number of nitrogens with zero attached hydrogens (tertiary/aromatic N) is 3. The molecule has 2 aromatic heterocycles. The van der Waals surface area contributed by atoms with Gasteiger partial charge in [0.15, 0.2) is 11.7 Å². The van der Waals surface area contributed by atoms with Gasteiger partial charge in [0.2, 0.25) is 53.2 Å². The molecule has 0 radical (unpaired) electrons. The van der Waals surface area contributed by atoms with Crippen molar-refractivity contribution in [1.29, 1.82) is 5.41 Å². The third-order valence-corrected chi connectivity index (χ3v) is 13.9. The van der Waals surface area contributed by atoms with E-state index in [2.05, 4.69) is 57.5 Å². The number of ketones is 1. The molecule has 0 bridgehead atoms. The van der Waals surface area contributed by atoms with Crippen molar-refractivity contribution >= 4 is 75.8 Å². The molecule has 25 nitrogen and oxygen atoms in total. The van der Waals surface area contributed by atoms with E-state index >= 15 is 0 Å². The second-order valence-corrected chi connectivity index (χ2v) is 19.6. The summed E-state index contributed by atoms with van der Waals surface area (Å²) in [6.07, 6.45) is 5.13. The van der Waals surface area contributed by atoms with Gasteiger partial charge in [-0.15, -0.1) is 0 Å². The minimum absolute atomic E-state index is 0.0767. The Morgan fingerprint density at radius 2 is 1.32 bits per heavy atom. The van der Waals surface area contributed by atoms with Gasteiger partial charge in [-0.05, 0) is 62.6 Å².